The average Bonchev–Trinajstić information content (AvgIpc) is 2.29. The molecule has 5 heteroatoms. The number of ether oxygens (including phenoxy) is 1. The second-order valence-electron chi connectivity index (χ2n) is 4.15. The van der Waals surface area contributed by atoms with Crippen LogP contribution in [0.3, 0.4) is 0 Å². The van der Waals surface area contributed by atoms with Gasteiger partial charge in [-0.05, 0) is 0 Å². The summed E-state index contributed by atoms with van der Waals surface area (Å²) in [7, 11) is 0. The van der Waals surface area contributed by atoms with Crippen LogP contribution in [0.4, 0.5) is 4.79 Å². The van der Waals surface area contributed by atoms with E-state index in [2.05, 4.69) is 5.32 Å². The van der Waals surface area contributed by atoms with Gasteiger partial charge in [-0.15, -0.1) is 0 Å². The number of hydrogen-bond donors (Lipinski definition) is 2. The molecular formula is C8H13NO4. The highest BCUT2D eigenvalue weighted by atomic mass is 16.6. The summed E-state index contributed by atoms with van der Waals surface area (Å²) in [4.78, 5) is 21.5. The van der Waals surface area contributed by atoms with Gasteiger partial charge < -0.3 is 15.2 Å². The van der Waals surface area contributed by atoms with Crippen molar-refractivity contribution in [3.05, 3.63) is 0 Å². The fourth-order valence-corrected chi connectivity index (χ4v) is 1.29. The molecule has 1 heterocycles. The van der Waals surface area contributed by atoms with Gasteiger partial charge in [0, 0.05) is 5.41 Å². The molecular weight excluding hydrogens is 174 g/mol. The molecule has 2 atom stereocenters. The van der Waals surface area contributed by atoms with Crippen molar-refractivity contribution in [1.29, 1.82) is 0 Å². The summed E-state index contributed by atoms with van der Waals surface area (Å²) in [5, 5.41) is 11.0. The molecule has 1 rings (SSSR count). The van der Waals surface area contributed by atoms with E-state index in [9.17, 15) is 9.59 Å². The second-order valence-corrected chi connectivity index (χ2v) is 4.15. The Labute approximate surface area is 76.1 Å². The Bertz CT molecular complexity index is 243. The van der Waals surface area contributed by atoms with E-state index in [1.807, 2.05) is 20.8 Å². The number of cyclic esters (lactones) is 1. The summed E-state index contributed by atoms with van der Waals surface area (Å²) >= 11 is 0. The zero-order valence-electron chi connectivity index (χ0n) is 7.83. The maximum absolute atomic E-state index is 10.8. The van der Waals surface area contributed by atoms with E-state index in [4.69, 9.17) is 9.84 Å². The SMILES string of the molecule is CC(C)(C)C1OC(=O)NC1C(=O)O. The first kappa shape index (κ1) is 9.83. The topological polar surface area (TPSA) is 75.6 Å². The molecule has 0 aromatic heterocycles. The molecule has 1 aliphatic heterocycles. The van der Waals surface area contributed by atoms with Crippen molar-refractivity contribution in [1.82, 2.24) is 5.32 Å². The third-order valence-corrected chi connectivity index (χ3v) is 1.93. The first-order valence-electron chi connectivity index (χ1n) is 4.02. The highest BCUT2D eigenvalue weighted by Crippen LogP contribution is 2.28. The molecule has 0 bridgehead atoms. The van der Waals surface area contributed by atoms with Crippen LogP contribution >= 0.6 is 0 Å². The van der Waals surface area contributed by atoms with Crippen molar-refractivity contribution >= 4 is 12.1 Å². The van der Waals surface area contributed by atoms with Gasteiger partial charge >= 0.3 is 12.1 Å². The molecule has 1 amide bonds. The lowest BCUT2D eigenvalue weighted by atomic mass is 9.85. The monoisotopic (exact) mass is 187 g/mol. The molecule has 0 aromatic carbocycles. The Morgan fingerprint density at radius 2 is 2.08 bits per heavy atom. The van der Waals surface area contributed by atoms with Crippen LogP contribution < -0.4 is 5.32 Å². The first-order valence-corrected chi connectivity index (χ1v) is 4.02. The van der Waals surface area contributed by atoms with Gasteiger partial charge in [-0.25, -0.2) is 9.59 Å². The molecule has 2 N–H and O–H groups in total. The van der Waals surface area contributed by atoms with E-state index < -0.39 is 24.2 Å². The molecule has 1 fully saturated rings. The van der Waals surface area contributed by atoms with Gasteiger partial charge in [0.25, 0.3) is 0 Å². The van der Waals surface area contributed by atoms with E-state index in [1.54, 1.807) is 0 Å². The third-order valence-electron chi connectivity index (χ3n) is 1.93. The summed E-state index contributed by atoms with van der Waals surface area (Å²) in [5.74, 6) is -1.06. The van der Waals surface area contributed by atoms with Gasteiger partial charge in [0.15, 0.2) is 6.04 Å². The molecule has 74 valence electrons. The quantitative estimate of drug-likeness (QED) is 0.630. The Kier molecular flexibility index (Phi) is 2.19. The number of hydrogen-bond acceptors (Lipinski definition) is 3. The highest BCUT2D eigenvalue weighted by Gasteiger charge is 2.45. The molecule has 0 spiro atoms. The van der Waals surface area contributed by atoms with Crippen LogP contribution in [0.15, 0.2) is 0 Å². The molecule has 1 aliphatic rings. The minimum atomic E-state index is -1.06. The van der Waals surface area contributed by atoms with Crippen molar-refractivity contribution in [2.75, 3.05) is 0 Å². The number of carbonyl (C=O) groups is 2. The van der Waals surface area contributed by atoms with Crippen LogP contribution in [0.2, 0.25) is 0 Å². The fraction of sp³-hybridized carbons (Fsp3) is 0.750. The van der Waals surface area contributed by atoms with Gasteiger partial charge in [-0.1, -0.05) is 20.8 Å². The lowest BCUT2D eigenvalue weighted by molar-refractivity contribution is -0.141. The zero-order valence-corrected chi connectivity index (χ0v) is 7.83. The molecule has 0 radical (unpaired) electrons. The van der Waals surface area contributed by atoms with E-state index >= 15 is 0 Å². The Morgan fingerprint density at radius 1 is 1.54 bits per heavy atom. The molecule has 1 saturated heterocycles. The average molecular weight is 187 g/mol. The van der Waals surface area contributed by atoms with Gasteiger partial charge in [-0.2, -0.15) is 0 Å². The van der Waals surface area contributed by atoms with E-state index in [0.29, 0.717) is 0 Å². The van der Waals surface area contributed by atoms with Crippen molar-refractivity contribution < 1.29 is 19.4 Å². The van der Waals surface area contributed by atoms with Gasteiger partial charge in [0.2, 0.25) is 0 Å². The van der Waals surface area contributed by atoms with Gasteiger partial charge in [0.1, 0.15) is 6.10 Å². The number of nitrogens with one attached hydrogen (secondary N) is 1. The first-order chi connectivity index (χ1) is 5.82. The number of alkyl carbamates (subject to hydrolysis) is 1. The minimum Gasteiger partial charge on any atom is -0.480 e. The predicted octanol–water partition coefficient (Wildman–Crippen LogP) is 0.594. The summed E-state index contributed by atoms with van der Waals surface area (Å²) in [5.41, 5.74) is -0.373. The molecule has 0 aromatic rings. The number of rotatable bonds is 1. The summed E-state index contributed by atoms with van der Waals surface area (Å²) < 4.78 is 4.87. The van der Waals surface area contributed by atoms with Crippen molar-refractivity contribution in [3.63, 3.8) is 0 Å². The smallest absolute Gasteiger partial charge is 0.408 e. The minimum absolute atomic E-state index is 0.373. The number of carboxylic acid groups (broad SMARTS) is 1. The number of carbonyl (C=O) groups excluding carboxylic acids is 1. The van der Waals surface area contributed by atoms with Crippen LogP contribution in [0.5, 0.6) is 0 Å². The Morgan fingerprint density at radius 3 is 2.38 bits per heavy atom. The maximum atomic E-state index is 10.8. The number of aliphatic carboxylic acids is 1. The lowest BCUT2D eigenvalue weighted by Gasteiger charge is -2.26. The van der Waals surface area contributed by atoms with Crippen LogP contribution in [0.25, 0.3) is 0 Å². The molecule has 2 unspecified atom stereocenters. The highest BCUT2D eigenvalue weighted by molar-refractivity contribution is 5.83. The molecule has 0 aliphatic carbocycles. The standard InChI is InChI=1S/C8H13NO4/c1-8(2,3)5-4(6(10)11)9-7(12)13-5/h4-5H,1-3H3,(H,9,12)(H,10,11). The Balaban J connectivity index is 2.84. The second kappa shape index (κ2) is 2.90. The largest absolute Gasteiger partial charge is 0.480 e. The molecule has 13 heavy (non-hydrogen) atoms. The van der Waals surface area contributed by atoms with Crippen LogP contribution in [0, 0.1) is 5.41 Å². The normalized spacial score (nSPS) is 28.1. The number of carboxylic acids is 1. The zero-order chi connectivity index (χ0) is 10.2. The van der Waals surface area contributed by atoms with Crippen molar-refractivity contribution in [3.8, 4) is 0 Å². The Hall–Kier alpha value is -1.26. The summed E-state index contributed by atoms with van der Waals surface area (Å²) in [6, 6.07) is -0.938. The maximum Gasteiger partial charge on any atom is 0.408 e. The van der Waals surface area contributed by atoms with Crippen molar-refractivity contribution in [2.24, 2.45) is 5.41 Å². The van der Waals surface area contributed by atoms with Crippen LogP contribution in [-0.4, -0.2) is 29.3 Å². The van der Waals surface area contributed by atoms with E-state index in [0.717, 1.165) is 0 Å². The van der Waals surface area contributed by atoms with E-state index in [-0.39, 0.29) is 5.41 Å². The summed E-state index contributed by atoms with van der Waals surface area (Å²) in [6.07, 6.45) is -1.27. The van der Waals surface area contributed by atoms with Gasteiger partial charge in [0.05, 0.1) is 0 Å². The molecule has 5 nitrogen and oxygen atoms in total. The third kappa shape index (κ3) is 1.91. The predicted molar refractivity (Wildman–Crippen MR) is 44.3 cm³/mol. The number of amides is 1. The lowest BCUT2D eigenvalue weighted by Crippen LogP contribution is -2.45. The molecule has 0 saturated carbocycles. The van der Waals surface area contributed by atoms with Crippen molar-refractivity contribution in [2.45, 2.75) is 32.9 Å². The van der Waals surface area contributed by atoms with E-state index in [1.165, 1.54) is 0 Å². The van der Waals surface area contributed by atoms with Gasteiger partial charge in [-0.3, -0.25) is 0 Å². The fourth-order valence-electron chi connectivity index (χ4n) is 1.29. The summed E-state index contributed by atoms with van der Waals surface area (Å²) in [6.45, 7) is 5.48. The van der Waals surface area contributed by atoms with Crippen LogP contribution in [-0.2, 0) is 9.53 Å². The van der Waals surface area contributed by atoms with Crippen LogP contribution in [0.1, 0.15) is 20.8 Å².